The number of carbonyl (C=O) groups is 8. The quantitative estimate of drug-likeness (QED) is 0.0446. The van der Waals surface area contributed by atoms with Crippen LogP contribution < -0.4 is 16.0 Å². The Hall–Kier alpha value is -5.57. The number of benzene rings is 2. The normalized spacial score (nSPS) is 19.0. The summed E-state index contributed by atoms with van der Waals surface area (Å²) in [5.74, 6) is -3.19. The molecule has 79 heavy (non-hydrogen) atoms. The third kappa shape index (κ3) is 18.2. The Morgan fingerprint density at radius 3 is 2.09 bits per heavy atom. The van der Waals surface area contributed by atoms with E-state index in [-0.39, 0.29) is 84.3 Å². The van der Waals surface area contributed by atoms with Gasteiger partial charge in [-0.2, -0.15) is 11.8 Å². The smallest absolute Gasteiger partial charge is 0.410 e. The summed E-state index contributed by atoms with van der Waals surface area (Å²) in [6.07, 6.45) is 3.37. The first-order valence-corrected chi connectivity index (χ1v) is 29.4. The van der Waals surface area contributed by atoms with Crippen LogP contribution in [0.25, 0.3) is 0 Å². The number of methoxy groups -OCH3 is 2. The molecule has 2 aliphatic heterocycles. The summed E-state index contributed by atoms with van der Waals surface area (Å²) in [4.78, 5) is 113. The highest BCUT2D eigenvalue weighted by Crippen LogP contribution is 2.31. The summed E-state index contributed by atoms with van der Waals surface area (Å²) in [5.41, 5.74) is 2.08. The standard InChI is InChI=1S/C59H91N7O12S/c1-14-38(6)52(46(76-11)32-48(68)65-31-21-25-45(65)54(77-12)39(7)55(71)61-40(8)53(70)42-22-17-15-18-23-42)63(9)58(74)50(36(2)3)62-56(72)51(37(4)5)64(10)59(75)78-35-41-26-28-43(29-27-41)60-34-44(67)24-19-16-20-30-66-49(69)33-47(79-13)57(66)73/h15,17-18,22-23,26-29,36-40,45-47,50-54,60,70H,14,16,19-21,24-25,30-35H2,1-13H3,(H,61,71)(H,62,72)/t38-,39+,40+,45-,46+,47?,50-,51-,52-,53+,54+/m0/s1. The van der Waals surface area contributed by atoms with E-state index in [9.17, 15) is 43.5 Å². The van der Waals surface area contributed by atoms with Gasteiger partial charge in [0.25, 0.3) is 0 Å². The molecule has 2 fully saturated rings. The van der Waals surface area contributed by atoms with Gasteiger partial charge in [-0.05, 0) is 79.9 Å². The van der Waals surface area contributed by atoms with Crippen LogP contribution in [0.15, 0.2) is 54.6 Å². The fourth-order valence-electron chi connectivity index (χ4n) is 10.8. The van der Waals surface area contributed by atoms with E-state index in [1.54, 1.807) is 80.9 Å². The molecule has 0 bridgehead atoms. The molecule has 7 amide bonds. The van der Waals surface area contributed by atoms with Crippen molar-refractivity contribution in [3.8, 4) is 0 Å². The molecule has 2 aromatic carbocycles. The van der Waals surface area contributed by atoms with E-state index in [2.05, 4.69) is 16.0 Å². The number of aliphatic hydroxyl groups excluding tert-OH is 1. The number of hydrogen-bond acceptors (Lipinski definition) is 14. The number of ether oxygens (including phenoxy) is 3. The van der Waals surface area contributed by atoms with E-state index in [1.807, 2.05) is 52.1 Å². The van der Waals surface area contributed by atoms with Crippen molar-refractivity contribution >= 4 is 64.8 Å². The summed E-state index contributed by atoms with van der Waals surface area (Å²) in [7, 11) is 6.20. The lowest BCUT2D eigenvalue weighted by Gasteiger charge is -2.41. The molecule has 2 saturated heterocycles. The van der Waals surface area contributed by atoms with Gasteiger partial charge in [0.1, 0.15) is 18.7 Å². The first kappa shape index (κ1) is 65.9. The number of nitrogens with one attached hydrogen (secondary N) is 3. The fraction of sp³-hybridized carbons (Fsp3) is 0.661. The molecule has 2 aromatic rings. The van der Waals surface area contributed by atoms with Gasteiger partial charge in [-0.1, -0.05) is 104 Å². The molecule has 4 N–H and O–H groups in total. The zero-order valence-electron chi connectivity index (χ0n) is 49.0. The van der Waals surface area contributed by atoms with Gasteiger partial charge in [-0.15, -0.1) is 0 Å². The van der Waals surface area contributed by atoms with Gasteiger partial charge in [0, 0.05) is 59.9 Å². The molecule has 0 saturated carbocycles. The molecule has 20 heteroatoms. The Balaban J connectivity index is 1.32. The topological polar surface area (TPSA) is 234 Å². The summed E-state index contributed by atoms with van der Waals surface area (Å²) >= 11 is 1.39. The van der Waals surface area contributed by atoms with Crippen LogP contribution in [0, 0.1) is 23.7 Å². The first-order chi connectivity index (χ1) is 37.5. The number of likely N-dealkylation sites (tertiary alicyclic amines) is 2. The van der Waals surface area contributed by atoms with E-state index in [0.717, 1.165) is 6.42 Å². The lowest BCUT2D eigenvalue weighted by atomic mass is 9.89. The largest absolute Gasteiger partial charge is 0.445 e. The number of nitrogens with zero attached hydrogens (tertiary/aromatic N) is 4. The summed E-state index contributed by atoms with van der Waals surface area (Å²) in [6, 6.07) is 12.6. The third-order valence-electron chi connectivity index (χ3n) is 15.7. The van der Waals surface area contributed by atoms with Crippen molar-refractivity contribution in [1.29, 1.82) is 0 Å². The number of unbranched alkanes of at least 4 members (excludes halogenated alkanes) is 2. The third-order valence-corrected chi connectivity index (χ3v) is 16.6. The fourth-order valence-corrected chi connectivity index (χ4v) is 11.4. The molecule has 19 nitrogen and oxygen atoms in total. The van der Waals surface area contributed by atoms with E-state index >= 15 is 0 Å². The van der Waals surface area contributed by atoms with Crippen molar-refractivity contribution < 1.29 is 57.7 Å². The average molecular weight is 1120 g/mol. The second-order valence-electron chi connectivity index (χ2n) is 22.0. The monoisotopic (exact) mass is 1120 g/mol. The molecule has 0 aromatic heterocycles. The van der Waals surface area contributed by atoms with E-state index in [1.165, 1.54) is 42.8 Å². The van der Waals surface area contributed by atoms with Gasteiger partial charge in [0.2, 0.25) is 35.4 Å². The van der Waals surface area contributed by atoms with Gasteiger partial charge >= 0.3 is 6.09 Å². The summed E-state index contributed by atoms with van der Waals surface area (Å²) < 4.78 is 17.7. The van der Waals surface area contributed by atoms with Gasteiger partial charge in [0.15, 0.2) is 5.78 Å². The molecule has 0 aliphatic carbocycles. The zero-order valence-corrected chi connectivity index (χ0v) is 49.8. The predicted molar refractivity (Wildman–Crippen MR) is 306 cm³/mol. The number of aliphatic hydroxyl groups is 1. The maximum absolute atomic E-state index is 14.7. The molecule has 0 spiro atoms. The van der Waals surface area contributed by atoms with Crippen molar-refractivity contribution in [1.82, 2.24) is 30.2 Å². The highest BCUT2D eigenvalue weighted by Gasteiger charge is 2.44. The number of amides is 7. The van der Waals surface area contributed by atoms with Crippen molar-refractivity contribution in [3.05, 3.63) is 65.7 Å². The number of Topliss-reactive ketones (excluding diaryl/α,β-unsaturated/α-hetero) is 1. The highest BCUT2D eigenvalue weighted by atomic mass is 32.2. The van der Waals surface area contributed by atoms with Gasteiger partial charge < -0.3 is 45.1 Å². The van der Waals surface area contributed by atoms with Crippen LogP contribution in [-0.2, 0) is 54.4 Å². The number of likely N-dealkylation sites (N-methyl/N-ethyl adjacent to an activating group) is 2. The second-order valence-corrected chi connectivity index (χ2v) is 23.1. The number of anilines is 1. The molecule has 11 atom stereocenters. The second kappa shape index (κ2) is 32.0. The van der Waals surface area contributed by atoms with Crippen molar-refractivity contribution in [3.63, 3.8) is 0 Å². The molecule has 0 radical (unpaired) electrons. The van der Waals surface area contributed by atoms with Crippen LogP contribution in [0.4, 0.5) is 10.5 Å². The number of ketones is 1. The van der Waals surface area contributed by atoms with E-state index in [4.69, 9.17) is 14.2 Å². The molecule has 1 unspecified atom stereocenters. The Morgan fingerprint density at radius 1 is 0.835 bits per heavy atom. The van der Waals surface area contributed by atoms with Crippen LogP contribution in [0.2, 0.25) is 0 Å². The summed E-state index contributed by atoms with van der Waals surface area (Å²) in [6.45, 7) is 15.6. The Labute approximate surface area is 473 Å². The SMILES string of the molecule is CC[C@H](C)[C@@H]([C@@H](CC(=O)N1CCC[C@H]1[C@H](OC)[C@@H](C)C(=O)N[C@H](C)[C@@H](O)c1ccccc1)OC)N(C)C(=O)[C@@H](NC(=O)[C@H](C(C)C)N(C)C(=O)OCc1ccc(NCC(=O)CCCCCN2C(=O)CC(SC)C2=O)cc1)C(C)C. The Kier molecular flexibility index (Phi) is 26.7. The molecule has 2 aliphatic rings. The minimum Gasteiger partial charge on any atom is -0.445 e. The van der Waals surface area contributed by atoms with Gasteiger partial charge in [-0.3, -0.25) is 43.4 Å². The van der Waals surface area contributed by atoms with Crippen LogP contribution in [0.3, 0.4) is 0 Å². The average Bonchev–Trinajstić information content (AvgIpc) is 4.04. The predicted octanol–water partition coefficient (Wildman–Crippen LogP) is 6.61. The minimum atomic E-state index is -1.00. The number of rotatable bonds is 32. The molecule has 440 valence electrons. The maximum atomic E-state index is 14.7. The number of thioether (sulfide) groups is 1. The lowest BCUT2D eigenvalue weighted by molar-refractivity contribution is -0.148. The number of carbonyl (C=O) groups excluding carboxylic acids is 8. The molecular weight excluding hydrogens is 1030 g/mol. The lowest BCUT2D eigenvalue weighted by Crippen LogP contribution is -2.60. The van der Waals surface area contributed by atoms with Crippen LogP contribution in [-0.4, -0.2) is 174 Å². The Morgan fingerprint density at radius 2 is 1.51 bits per heavy atom. The molecule has 2 heterocycles. The van der Waals surface area contributed by atoms with Crippen LogP contribution in [0.1, 0.15) is 130 Å². The van der Waals surface area contributed by atoms with Crippen LogP contribution in [0.5, 0.6) is 0 Å². The van der Waals surface area contributed by atoms with Crippen molar-refractivity contribution in [2.24, 2.45) is 23.7 Å². The molecular formula is C59H91N7O12S. The van der Waals surface area contributed by atoms with Gasteiger partial charge in [-0.25, -0.2) is 4.79 Å². The van der Waals surface area contributed by atoms with E-state index in [0.29, 0.717) is 68.4 Å². The maximum Gasteiger partial charge on any atom is 0.410 e. The molecule has 4 rings (SSSR count). The number of hydrogen-bond donors (Lipinski definition) is 4. The van der Waals surface area contributed by atoms with Crippen molar-refractivity contribution in [2.75, 3.05) is 59.5 Å². The number of imide groups is 1. The van der Waals surface area contributed by atoms with Crippen LogP contribution >= 0.6 is 11.8 Å². The zero-order chi connectivity index (χ0) is 58.7. The Bertz CT molecular complexity index is 2320. The van der Waals surface area contributed by atoms with E-state index < -0.39 is 66.4 Å². The first-order valence-electron chi connectivity index (χ1n) is 28.1. The minimum absolute atomic E-state index is 0.0318. The van der Waals surface area contributed by atoms with Crippen molar-refractivity contribution in [2.45, 2.75) is 174 Å². The van der Waals surface area contributed by atoms with Gasteiger partial charge in [0.05, 0.1) is 60.6 Å². The summed E-state index contributed by atoms with van der Waals surface area (Å²) in [5, 5.41) is 19.7. The highest BCUT2D eigenvalue weighted by molar-refractivity contribution is 8.00.